The molecule has 3 nitrogen and oxygen atoms in total. The average molecular weight is 280 g/mol. The SMILES string of the molecule is CN(C)c1ccc(C=[C-]C(C#N)O[Si](C)(C)C)cc1.[Li+]. The van der Waals surface area contributed by atoms with E-state index in [2.05, 4.69) is 31.8 Å². The Hall–Kier alpha value is -0.976. The van der Waals surface area contributed by atoms with Gasteiger partial charge >= 0.3 is 18.9 Å². The Kier molecular flexibility index (Phi) is 7.94. The van der Waals surface area contributed by atoms with Gasteiger partial charge in [0.2, 0.25) is 0 Å². The molecule has 0 aliphatic heterocycles. The Labute approximate surface area is 135 Å². The van der Waals surface area contributed by atoms with Crippen molar-refractivity contribution in [3.63, 3.8) is 0 Å². The number of nitriles is 1. The van der Waals surface area contributed by atoms with E-state index >= 15 is 0 Å². The molecule has 1 rings (SSSR count). The van der Waals surface area contributed by atoms with Gasteiger partial charge in [-0.2, -0.15) is 10.8 Å². The van der Waals surface area contributed by atoms with Gasteiger partial charge in [0.25, 0.3) is 0 Å². The van der Waals surface area contributed by atoms with Crippen LogP contribution in [0.5, 0.6) is 0 Å². The number of hydrogen-bond acceptors (Lipinski definition) is 3. The van der Waals surface area contributed by atoms with Crippen LogP contribution in [-0.4, -0.2) is 28.5 Å². The number of nitrogens with zero attached hydrogens (tertiary/aromatic N) is 2. The molecule has 0 heterocycles. The number of hydrogen-bond donors (Lipinski definition) is 0. The molecule has 0 N–H and O–H groups in total. The van der Waals surface area contributed by atoms with Crippen molar-refractivity contribution < 1.29 is 23.3 Å². The normalized spacial score (nSPS) is 12.6. The minimum Gasteiger partial charge on any atom is -0.414 e. The van der Waals surface area contributed by atoms with Crippen LogP contribution in [0.15, 0.2) is 24.3 Å². The quantitative estimate of drug-likeness (QED) is 0.575. The zero-order valence-corrected chi connectivity index (χ0v) is 14.3. The molecule has 0 saturated carbocycles. The van der Waals surface area contributed by atoms with Crippen LogP contribution in [0.2, 0.25) is 19.6 Å². The number of benzene rings is 1. The molecule has 20 heavy (non-hydrogen) atoms. The third-order valence-electron chi connectivity index (χ3n) is 2.40. The Bertz CT molecular complexity index is 472. The van der Waals surface area contributed by atoms with Gasteiger partial charge in [0.15, 0.2) is 8.32 Å². The van der Waals surface area contributed by atoms with E-state index in [1.165, 1.54) is 0 Å². The molecule has 0 amide bonds. The van der Waals surface area contributed by atoms with Crippen molar-refractivity contribution in [2.75, 3.05) is 19.0 Å². The summed E-state index contributed by atoms with van der Waals surface area (Å²) in [5.41, 5.74) is 2.16. The van der Waals surface area contributed by atoms with Gasteiger partial charge in [0.05, 0.1) is 12.2 Å². The first kappa shape index (κ1) is 19.0. The maximum Gasteiger partial charge on any atom is 1.00 e. The summed E-state index contributed by atoms with van der Waals surface area (Å²) in [5.74, 6) is 0. The van der Waals surface area contributed by atoms with Gasteiger partial charge in [-0.25, -0.2) is 12.2 Å². The van der Waals surface area contributed by atoms with Crippen LogP contribution in [0, 0.1) is 17.4 Å². The molecule has 1 aromatic carbocycles. The molecule has 1 aromatic rings. The van der Waals surface area contributed by atoms with Gasteiger partial charge in [0.1, 0.15) is 0 Å². The molecule has 1 atom stereocenters. The first-order chi connectivity index (χ1) is 8.81. The van der Waals surface area contributed by atoms with Crippen LogP contribution in [-0.2, 0) is 4.43 Å². The summed E-state index contributed by atoms with van der Waals surface area (Å²) in [6, 6.07) is 10.2. The van der Waals surface area contributed by atoms with Crippen LogP contribution in [0.4, 0.5) is 5.69 Å². The predicted molar refractivity (Wildman–Crippen MR) is 82.3 cm³/mol. The van der Waals surface area contributed by atoms with Crippen molar-refractivity contribution >= 4 is 20.1 Å². The van der Waals surface area contributed by atoms with Crippen molar-refractivity contribution in [3.05, 3.63) is 35.9 Å². The van der Waals surface area contributed by atoms with E-state index in [1.807, 2.05) is 49.3 Å². The molecule has 5 heteroatoms. The molecule has 102 valence electrons. The van der Waals surface area contributed by atoms with E-state index in [0.29, 0.717) is 0 Å². The van der Waals surface area contributed by atoms with E-state index in [0.717, 1.165) is 11.3 Å². The molecule has 0 aliphatic rings. The predicted octanol–water partition coefficient (Wildman–Crippen LogP) is 0.317. The molecular weight excluding hydrogens is 259 g/mol. The van der Waals surface area contributed by atoms with Crippen LogP contribution in [0.25, 0.3) is 6.08 Å². The molecule has 1 unspecified atom stereocenters. The van der Waals surface area contributed by atoms with Crippen molar-refractivity contribution in [2.24, 2.45) is 0 Å². The summed E-state index contributed by atoms with van der Waals surface area (Å²) in [6.07, 6.45) is 4.23. The zero-order chi connectivity index (χ0) is 14.5. The molecule has 0 spiro atoms. The standard InChI is InChI=1S/C15H21N2OSi.Li/c1-17(2)14-9-6-13(7-10-14)8-11-15(12-16)18-19(3,4)5;/h6-10,15H,1-5H3;/q-1;+1. The van der Waals surface area contributed by atoms with E-state index in [-0.39, 0.29) is 18.9 Å². The van der Waals surface area contributed by atoms with E-state index in [1.54, 1.807) is 0 Å². The van der Waals surface area contributed by atoms with Gasteiger partial charge in [-0.3, -0.25) is 0 Å². The van der Waals surface area contributed by atoms with E-state index < -0.39 is 14.4 Å². The fourth-order valence-corrected chi connectivity index (χ4v) is 2.32. The molecule has 0 saturated heterocycles. The summed E-state index contributed by atoms with van der Waals surface area (Å²) in [6.45, 7) is 6.18. The van der Waals surface area contributed by atoms with Crippen LogP contribution >= 0.6 is 0 Å². The smallest absolute Gasteiger partial charge is 0.414 e. The van der Waals surface area contributed by atoms with Crippen LogP contribution in [0.1, 0.15) is 5.56 Å². The maximum absolute atomic E-state index is 9.04. The second-order valence-electron chi connectivity index (χ2n) is 5.54. The molecular formula is C15H21LiN2OSi. The number of anilines is 1. The zero-order valence-electron chi connectivity index (χ0n) is 13.3. The average Bonchev–Trinajstić information content (AvgIpc) is 2.33. The summed E-state index contributed by atoms with van der Waals surface area (Å²) >= 11 is 0. The number of rotatable bonds is 5. The van der Waals surface area contributed by atoms with Crippen molar-refractivity contribution in [2.45, 2.75) is 25.7 Å². The van der Waals surface area contributed by atoms with Gasteiger partial charge in [-0.1, -0.05) is 12.1 Å². The fraction of sp³-hybridized carbons (Fsp3) is 0.400. The second-order valence-corrected chi connectivity index (χ2v) is 10.00. The summed E-state index contributed by atoms with van der Waals surface area (Å²) in [4.78, 5) is 2.05. The molecule has 0 aliphatic carbocycles. The fourth-order valence-electron chi connectivity index (χ4n) is 1.49. The minimum atomic E-state index is -1.71. The third kappa shape index (κ3) is 6.98. The van der Waals surface area contributed by atoms with E-state index in [9.17, 15) is 0 Å². The van der Waals surface area contributed by atoms with Crippen LogP contribution < -0.4 is 23.8 Å². The molecule has 0 fully saturated rings. The maximum atomic E-state index is 9.04. The first-order valence-corrected chi connectivity index (χ1v) is 9.67. The largest absolute Gasteiger partial charge is 1.00 e. The summed E-state index contributed by atoms with van der Waals surface area (Å²) in [7, 11) is 2.29. The van der Waals surface area contributed by atoms with Gasteiger partial charge < -0.3 is 9.33 Å². The molecule has 0 aromatic heterocycles. The minimum absolute atomic E-state index is 0. The topological polar surface area (TPSA) is 36.3 Å². The Morgan fingerprint density at radius 2 is 1.80 bits per heavy atom. The third-order valence-corrected chi connectivity index (χ3v) is 3.34. The van der Waals surface area contributed by atoms with Crippen molar-refractivity contribution in [1.29, 1.82) is 5.26 Å². The summed E-state index contributed by atoms with van der Waals surface area (Å²) in [5, 5.41) is 9.04. The Balaban J connectivity index is 0.00000361. The van der Waals surface area contributed by atoms with E-state index in [4.69, 9.17) is 9.69 Å². The molecule has 0 bridgehead atoms. The van der Waals surface area contributed by atoms with Gasteiger partial charge in [-0.15, -0.1) is 12.1 Å². The van der Waals surface area contributed by atoms with Gasteiger partial charge in [0, 0.05) is 19.8 Å². The summed E-state index contributed by atoms with van der Waals surface area (Å²) < 4.78 is 5.70. The van der Waals surface area contributed by atoms with Gasteiger partial charge in [-0.05, 0) is 19.6 Å². The molecule has 0 radical (unpaired) electrons. The van der Waals surface area contributed by atoms with Crippen LogP contribution in [0.3, 0.4) is 0 Å². The first-order valence-electron chi connectivity index (χ1n) is 6.26. The van der Waals surface area contributed by atoms with Crippen molar-refractivity contribution in [1.82, 2.24) is 0 Å². The Morgan fingerprint density at radius 1 is 1.25 bits per heavy atom. The monoisotopic (exact) mass is 280 g/mol. The Morgan fingerprint density at radius 3 is 2.20 bits per heavy atom. The second kappa shape index (κ2) is 8.34. The van der Waals surface area contributed by atoms with Crippen molar-refractivity contribution in [3.8, 4) is 6.07 Å².